The molecule has 0 heterocycles. The number of halogens is 4. The van der Waals surface area contributed by atoms with E-state index >= 15 is 0 Å². The zero-order chi connectivity index (χ0) is 22.7. The molecule has 164 valence electrons. The maximum Gasteiger partial charge on any atom is 0.159 e. The van der Waals surface area contributed by atoms with Crippen LogP contribution < -0.4 is 0 Å². The van der Waals surface area contributed by atoms with Crippen molar-refractivity contribution in [3.05, 3.63) is 95.6 Å². The van der Waals surface area contributed by atoms with Crippen LogP contribution in [0.25, 0.3) is 33.0 Å². The topological polar surface area (TPSA) is 0 Å². The van der Waals surface area contributed by atoms with Gasteiger partial charge in [-0.15, -0.1) is 0 Å². The highest BCUT2D eigenvalue weighted by Crippen LogP contribution is 2.33. The van der Waals surface area contributed by atoms with Crippen molar-refractivity contribution in [3.63, 3.8) is 0 Å². The molecule has 0 bridgehead atoms. The SMILES string of the molecule is CCCCCCc1ccc2cc(-c3cc(F)c(-c4ccc(F)c(F)c4)c(F)c3)ccc2c1. The van der Waals surface area contributed by atoms with Gasteiger partial charge in [-0.2, -0.15) is 0 Å². The summed E-state index contributed by atoms with van der Waals surface area (Å²) in [6, 6.07) is 17.3. The van der Waals surface area contributed by atoms with Gasteiger partial charge in [0, 0.05) is 0 Å². The Labute approximate surface area is 185 Å². The lowest BCUT2D eigenvalue weighted by Gasteiger charge is -2.11. The second-order valence-electron chi connectivity index (χ2n) is 8.15. The Morgan fingerprint density at radius 3 is 1.91 bits per heavy atom. The van der Waals surface area contributed by atoms with E-state index in [1.54, 1.807) is 0 Å². The summed E-state index contributed by atoms with van der Waals surface area (Å²) in [6.45, 7) is 2.20. The van der Waals surface area contributed by atoms with Gasteiger partial charge in [-0.3, -0.25) is 0 Å². The second-order valence-corrected chi connectivity index (χ2v) is 8.15. The average Bonchev–Trinajstić information content (AvgIpc) is 2.78. The predicted molar refractivity (Wildman–Crippen MR) is 122 cm³/mol. The Balaban J connectivity index is 1.62. The van der Waals surface area contributed by atoms with E-state index < -0.39 is 23.3 Å². The van der Waals surface area contributed by atoms with Gasteiger partial charge in [0.2, 0.25) is 0 Å². The molecule has 0 saturated carbocycles. The van der Waals surface area contributed by atoms with E-state index in [-0.39, 0.29) is 11.1 Å². The van der Waals surface area contributed by atoms with Gasteiger partial charge in [-0.05, 0) is 76.2 Å². The summed E-state index contributed by atoms with van der Waals surface area (Å²) >= 11 is 0. The quantitative estimate of drug-likeness (QED) is 0.200. The number of aryl methyl sites for hydroxylation is 1. The minimum Gasteiger partial charge on any atom is -0.206 e. The van der Waals surface area contributed by atoms with E-state index in [9.17, 15) is 17.6 Å². The molecule has 0 amide bonds. The molecule has 0 unspecified atom stereocenters. The fourth-order valence-electron chi connectivity index (χ4n) is 4.05. The Hall–Kier alpha value is -3.14. The van der Waals surface area contributed by atoms with E-state index in [0.29, 0.717) is 11.1 Å². The molecule has 0 aromatic heterocycles. The molecular weight excluding hydrogens is 412 g/mol. The largest absolute Gasteiger partial charge is 0.206 e. The molecule has 0 fully saturated rings. The molecule has 0 aliphatic rings. The van der Waals surface area contributed by atoms with Crippen molar-refractivity contribution < 1.29 is 17.6 Å². The fourth-order valence-corrected chi connectivity index (χ4v) is 4.05. The Bertz CT molecular complexity index is 1240. The van der Waals surface area contributed by atoms with Gasteiger partial charge in [0.25, 0.3) is 0 Å². The number of rotatable bonds is 7. The van der Waals surface area contributed by atoms with Crippen molar-refractivity contribution in [2.45, 2.75) is 39.0 Å². The first-order chi connectivity index (χ1) is 15.5. The summed E-state index contributed by atoms with van der Waals surface area (Å²) in [5.74, 6) is -3.86. The van der Waals surface area contributed by atoms with Gasteiger partial charge >= 0.3 is 0 Å². The number of benzene rings is 4. The highest BCUT2D eigenvalue weighted by atomic mass is 19.2. The van der Waals surface area contributed by atoms with Crippen molar-refractivity contribution in [2.75, 3.05) is 0 Å². The first-order valence-electron chi connectivity index (χ1n) is 10.9. The number of fused-ring (bicyclic) bond motifs is 1. The molecule has 0 radical (unpaired) electrons. The van der Waals surface area contributed by atoms with Gasteiger partial charge in [0.1, 0.15) is 11.6 Å². The van der Waals surface area contributed by atoms with E-state index in [0.717, 1.165) is 35.4 Å². The zero-order valence-electron chi connectivity index (χ0n) is 17.9. The van der Waals surface area contributed by atoms with Gasteiger partial charge < -0.3 is 0 Å². The zero-order valence-corrected chi connectivity index (χ0v) is 17.9. The van der Waals surface area contributed by atoms with Crippen LogP contribution >= 0.6 is 0 Å². The molecule has 4 aromatic rings. The van der Waals surface area contributed by atoms with Crippen LogP contribution in [0, 0.1) is 23.3 Å². The molecule has 32 heavy (non-hydrogen) atoms. The van der Waals surface area contributed by atoms with Crippen LogP contribution in [0.15, 0.2) is 66.7 Å². The van der Waals surface area contributed by atoms with E-state index in [2.05, 4.69) is 19.1 Å². The summed E-state index contributed by atoms with van der Waals surface area (Å²) in [5.41, 5.74) is 1.94. The number of hydrogen-bond donors (Lipinski definition) is 0. The van der Waals surface area contributed by atoms with Crippen LogP contribution in [0.4, 0.5) is 17.6 Å². The summed E-state index contributed by atoms with van der Waals surface area (Å²) in [5, 5.41) is 2.08. The fraction of sp³-hybridized carbons (Fsp3) is 0.214. The van der Waals surface area contributed by atoms with E-state index in [1.807, 2.05) is 24.3 Å². The highest BCUT2D eigenvalue weighted by Gasteiger charge is 2.16. The lowest BCUT2D eigenvalue weighted by molar-refractivity contribution is 0.508. The maximum absolute atomic E-state index is 14.8. The second kappa shape index (κ2) is 9.56. The first kappa shape index (κ1) is 22.1. The van der Waals surface area contributed by atoms with E-state index in [4.69, 9.17) is 0 Å². The molecule has 4 aromatic carbocycles. The average molecular weight is 436 g/mol. The summed E-state index contributed by atoms with van der Waals surface area (Å²) in [7, 11) is 0. The van der Waals surface area contributed by atoms with Crippen molar-refractivity contribution in [2.24, 2.45) is 0 Å². The summed E-state index contributed by atoms with van der Waals surface area (Å²) in [6.07, 6.45) is 5.90. The Kier molecular flexibility index (Phi) is 6.59. The smallest absolute Gasteiger partial charge is 0.159 e. The van der Waals surface area contributed by atoms with Crippen LogP contribution in [-0.2, 0) is 6.42 Å². The molecular formula is C28H24F4. The van der Waals surface area contributed by atoms with E-state index in [1.165, 1.54) is 43.4 Å². The normalized spacial score (nSPS) is 11.3. The first-order valence-corrected chi connectivity index (χ1v) is 10.9. The molecule has 0 atom stereocenters. The van der Waals surface area contributed by atoms with Crippen molar-refractivity contribution in [1.29, 1.82) is 0 Å². The molecule has 4 heteroatoms. The van der Waals surface area contributed by atoms with Crippen molar-refractivity contribution in [3.8, 4) is 22.3 Å². The van der Waals surface area contributed by atoms with Gasteiger partial charge in [-0.25, -0.2) is 17.6 Å². The summed E-state index contributed by atoms with van der Waals surface area (Å²) in [4.78, 5) is 0. The molecule has 0 aliphatic carbocycles. The predicted octanol–water partition coefficient (Wildman–Crippen LogP) is 8.85. The lowest BCUT2D eigenvalue weighted by Crippen LogP contribution is -1.94. The Morgan fingerprint density at radius 2 is 1.19 bits per heavy atom. The Morgan fingerprint density at radius 1 is 0.531 bits per heavy atom. The van der Waals surface area contributed by atoms with Gasteiger partial charge in [0.05, 0.1) is 5.56 Å². The van der Waals surface area contributed by atoms with Crippen LogP contribution in [0.1, 0.15) is 38.2 Å². The minimum absolute atomic E-state index is 0.0459. The minimum atomic E-state index is -1.15. The van der Waals surface area contributed by atoms with Crippen LogP contribution in [0.2, 0.25) is 0 Å². The molecule has 0 aliphatic heterocycles. The van der Waals surface area contributed by atoms with Crippen molar-refractivity contribution in [1.82, 2.24) is 0 Å². The molecule has 0 spiro atoms. The van der Waals surface area contributed by atoms with Crippen LogP contribution in [0.5, 0.6) is 0 Å². The summed E-state index contributed by atoms with van der Waals surface area (Å²) < 4.78 is 56.3. The standard InChI is InChI=1S/C28H24F4/c1-2-3-4-5-6-18-7-8-20-14-21(10-9-19(20)13-18)23-16-26(31)28(27(32)17-23)22-11-12-24(29)25(30)15-22/h7-17H,2-6H2,1H3. The van der Waals surface area contributed by atoms with Crippen LogP contribution in [0.3, 0.4) is 0 Å². The number of unbranched alkanes of at least 4 members (excludes halogenated alkanes) is 3. The van der Waals surface area contributed by atoms with Gasteiger partial charge in [-0.1, -0.05) is 62.6 Å². The molecule has 4 rings (SSSR count). The molecule has 0 N–H and O–H groups in total. The maximum atomic E-state index is 14.8. The molecule has 0 saturated heterocycles. The molecule has 0 nitrogen and oxygen atoms in total. The third kappa shape index (κ3) is 4.69. The van der Waals surface area contributed by atoms with Crippen LogP contribution in [-0.4, -0.2) is 0 Å². The number of hydrogen-bond acceptors (Lipinski definition) is 0. The van der Waals surface area contributed by atoms with Gasteiger partial charge in [0.15, 0.2) is 11.6 Å². The highest BCUT2D eigenvalue weighted by molar-refractivity contribution is 5.88. The third-order valence-corrected chi connectivity index (χ3v) is 5.81. The lowest BCUT2D eigenvalue weighted by atomic mass is 9.96. The van der Waals surface area contributed by atoms with Crippen molar-refractivity contribution >= 4 is 10.8 Å². The third-order valence-electron chi connectivity index (χ3n) is 5.81. The monoisotopic (exact) mass is 436 g/mol.